The SMILES string of the molecule is OCC1CCN(c2cc(C(F)(F)F)nc(-c3cccnc3)n2)C1. The van der Waals surface area contributed by atoms with Gasteiger partial charge in [0.1, 0.15) is 5.82 Å². The first kappa shape index (κ1) is 15.7. The van der Waals surface area contributed by atoms with Crippen molar-refractivity contribution in [3.05, 3.63) is 36.3 Å². The van der Waals surface area contributed by atoms with Gasteiger partial charge in [-0.25, -0.2) is 9.97 Å². The number of halogens is 3. The average Bonchev–Trinajstić information content (AvgIpc) is 3.03. The highest BCUT2D eigenvalue weighted by molar-refractivity contribution is 5.57. The van der Waals surface area contributed by atoms with Crippen molar-refractivity contribution in [3.8, 4) is 11.4 Å². The summed E-state index contributed by atoms with van der Waals surface area (Å²) in [5.41, 5.74) is -0.549. The van der Waals surface area contributed by atoms with Crippen molar-refractivity contribution >= 4 is 5.82 Å². The lowest BCUT2D eigenvalue weighted by atomic mass is 10.1. The number of alkyl halides is 3. The molecule has 0 aliphatic carbocycles. The van der Waals surface area contributed by atoms with Gasteiger partial charge in [-0.1, -0.05) is 0 Å². The minimum atomic E-state index is -4.55. The van der Waals surface area contributed by atoms with Crippen LogP contribution in [-0.2, 0) is 6.18 Å². The summed E-state index contributed by atoms with van der Waals surface area (Å²) in [6.07, 6.45) is -0.862. The Kier molecular flexibility index (Phi) is 4.16. The molecule has 0 bridgehead atoms. The van der Waals surface area contributed by atoms with Gasteiger partial charge in [-0.2, -0.15) is 13.2 Å². The van der Waals surface area contributed by atoms with Gasteiger partial charge in [0.05, 0.1) is 0 Å². The summed E-state index contributed by atoms with van der Waals surface area (Å²) in [5.74, 6) is 0.277. The first-order valence-corrected chi connectivity index (χ1v) is 7.20. The maximum atomic E-state index is 13.1. The highest BCUT2D eigenvalue weighted by Gasteiger charge is 2.35. The Morgan fingerprint density at radius 3 is 2.74 bits per heavy atom. The normalized spacial score (nSPS) is 18.4. The molecule has 122 valence electrons. The molecule has 1 N–H and O–H groups in total. The number of aliphatic hydroxyl groups excluding tert-OH is 1. The molecule has 0 aromatic carbocycles. The number of anilines is 1. The van der Waals surface area contributed by atoms with Crippen LogP contribution in [0.4, 0.5) is 19.0 Å². The Morgan fingerprint density at radius 1 is 1.30 bits per heavy atom. The molecule has 2 aromatic rings. The molecule has 0 amide bonds. The number of nitrogens with zero attached hydrogens (tertiary/aromatic N) is 4. The first-order chi connectivity index (χ1) is 11.0. The van der Waals surface area contributed by atoms with Crippen LogP contribution in [-0.4, -0.2) is 39.8 Å². The molecule has 3 heterocycles. The van der Waals surface area contributed by atoms with E-state index in [2.05, 4.69) is 15.0 Å². The van der Waals surface area contributed by atoms with E-state index in [0.717, 1.165) is 12.5 Å². The Balaban J connectivity index is 2.02. The molecule has 3 rings (SSSR count). The predicted octanol–water partition coefficient (Wildman–Crippen LogP) is 2.38. The largest absolute Gasteiger partial charge is 0.433 e. The van der Waals surface area contributed by atoms with E-state index in [1.54, 1.807) is 17.0 Å². The van der Waals surface area contributed by atoms with E-state index >= 15 is 0 Å². The molecule has 2 aromatic heterocycles. The monoisotopic (exact) mass is 324 g/mol. The van der Waals surface area contributed by atoms with Gasteiger partial charge in [-0.3, -0.25) is 4.98 Å². The average molecular weight is 324 g/mol. The van der Waals surface area contributed by atoms with Gasteiger partial charge >= 0.3 is 6.18 Å². The standard InChI is InChI=1S/C15H15F3N4O/c16-15(17,18)12-6-13(22-5-3-10(8-22)9-23)21-14(20-12)11-2-1-4-19-7-11/h1-2,4,6-7,10,23H,3,5,8-9H2. The molecule has 5 nitrogen and oxygen atoms in total. The lowest BCUT2D eigenvalue weighted by molar-refractivity contribution is -0.141. The lowest BCUT2D eigenvalue weighted by Crippen LogP contribution is -2.23. The molecular formula is C15H15F3N4O. The summed E-state index contributed by atoms with van der Waals surface area (Å²) >= 11 is 0. The Morgan fingerprint density at radius 2 is 2.13 bits per heavy atom. The highest BCUT2D eigenvalue weighted by Crippen LogP contribution is 2.32. The predicted molar refractivity (Wildman–Crippen MR) is 77.7 cm³/mol. The van der Waals surface area contributed by atoms with E-state index in [4.69, 9.17) is 0 Å². The molecule has 23 heavy (non-hydrogen) atoms. The first-order valence-electron chi connectivity index (χ1n) is 7.20. The molecule has 8 heteroatoms. The molecule has 1 fully saturated rings. The number of aliphatic hydroxyl groups is 1. The van der Waals surface area contributed by atoms with Crippen molar-refractivity contribution in [2.45, 2.75) is 12.6 Å². The van der Waals surface area contributed by atoms with Gasteiger partial charge in [0, 0.05) is 49.6 Å². The van der Waals surface area contributed by atoms with Gasteiger partial charge in [0.2, 0.25) is 0 Å². The zero-order chi connectivity index (χ0) is 16.4. The summed E-state index contributed by atoms with van der Waals surface area (Å²) in [4.78, 5) is 13.5. The summed E-state index contributed by atoms with van der Waals surface area (Å²) < 4.78 is 39.4. The third kappa shape index (κ3) is 3.42. The number of rotatable bonds is 3. The van der Waals surface area contributed by atoms with E-state index < -0.39 is 11.9 Å². The minimum absolute atomic E-state index is 0.00428. The molecule has 0 radical (unpaired) electrons. The Bertz CT molecular complexity index is 678. The zero-order valence-electron chi connectivity index (χ0n) is 12.2. The van der Waals surface area contributed by atoms with Crippen LogP contribution in [0, 0.1) is 5.92 Å². The van der Waals surface area contributed by atoms with Gasteiger partial charge in [-0.15, -0.1) is 0 Å². The lowest BCUT2D eigenvalue weighted by Gasteiger charge is -2.19. The van der Waals surface area contributed by atoms with E-state index in [1.165, 1.54) is 12.4 Å². The maximum Gasteiger partial charge on any atom is 0.433 e. The molecule has 1 atom stereocenters. The smallest absolute Gasteiger partial charge is 0.396 e. The van der Waals surface area contributed by atoms with E-state index in [0.29, 0.717) is 18.7 Å². The molecule has 1 aliphatic heterocycles. The minimum Gasteiger partial charge on any atom is -0.396 e. The van der Waals surface area contributed by atoms with Crippen molar-refractivity contribution in [1.82, 2.24) is 15.0 Å². The molecule has 0 spiro atoms. The van der Waals surface area contributed by atoms with Crippen molar-refractivity contribution in [3.63, 3.8) is 0 Å². The van der Waals surface area contributed by atoms with E-state index in [1.807, 2.05) is 0 Å². The van der Waals surface area contributed by atoms with Crippen LogP contribution < -0.4 is 4.90 Å². The Labute approximate surface area is 130 Å². The highest BCUT2D eigenvalue weighted by atomic mass is 19.4. The summed E-state index contributed by atoms with van der Waals surface area (Å²) in [7, 11) is 0. The fourth-order valence-corrected chi connectivity index (χ4v) is 2.56. The van der Waals surface area contributed by atoms with Crippen LogP contribution in [0.5, 0.6) is 0 Å². The van der Waals surface area contributed by atoms with Crippen LogP contribution in [0.25, 0.3) is 11.4 Å². The second-order valence-electron chi connectivity index (χ2n) is 5.46. The second kappa shape index (κ2) is 6.11. The van der Waals surface area contributed by atoms with Crippen molar-refractivity contribution < 1.29 is 18.3 Å². The second-order valence-corrected chi connectivity index (χ2v) is 5.46. The van der Waals surface area contributed by atoms with Gasteiger partial charge in [0.15, 0.2) is 11.5 Å². The topological polar surface area (TPSA) is 62.1 Å². The summed E-state index contributed by atoms with van der Waals surface area (Å²) in [5, 5.41) is 9.20. The fourth-order valence-electron chi connectivity index (χ4n) is 2.56. The molecule has 1 saturated heterocycles. The molecule has 1 unspecified atom stereocenters. The number of hydrogen-bond acceptors (Lipinski definition) is 5. The number of aromatic nitrogens is 3. The van der Waals surface area contributed by atoms with Crippen molar-refractivity contribution in [1.29, 1.82) is 0 Å². The van der Waals surface area contributed by atoms with E-state index in [9.17, 15) is 18.3 Å². The van der Waals surface area contributed by atoms with Gasteiger partial charge in [-0.05, 0) is 18.6 Å². The summed E-state index contributed by atoms with van der Waals surface area (Å²) in [6.45, 7) is 1.06. The van der Waals surface area contributed by atoms with Crippen molar-refractivity contribution in [2.24, 2.45) is 5.92 Å². The van der Waals surface area contributed by atoms with E-state index in [-0.39, 0.29) is 24.2 Å². The third-order valence-electron chi connectivity index (χ3n) is 3.79. The zero-order valence-corrected chi connectivity index (χ0v) is 12.2. The Hall–Kier alpha value is -2.22. The van der Waals surface area contributed by atoms with Crippen LogP contribution in [0.3, 0.4) is 0 Å². The van der Waals surface area contributed by atoms with Crippen LogP contribution in [0.1, 0.15) is 12.1 Å². The van der Waals surface area contributed by atoms with Gasteiger partial charge in [0.25, 0.3) is 0 Å². The molecular weight excluding hydrogens is 309 g/mol. The fraction of sp³-hybridized carbons (Fsp3) is 0.400. The van der Waals surface area contributed by atoms with Gasteiger partial charge < -0.3 is 10.0 Å². The van der Waals surface area contributed by atoms with Crippen LogP contribution >= 0.6 is 0 Å². The molecule has 0 saturated carbocycles. The van der Waals surface area contributed by atoms with Crippen molar-refractivity contribution in [2.75, 3.05) is 24.6 Å². The van der Waals surface area contributed by atoms with Crippen LogP contribution in [0.2, 0.25) is 0 Å². The number of hydrogen-bond donors (Lipinski definition) is 1. The molecule has 1 aliphatic rings. The summed E-state index contributed by atoms with van der Waals surface area (Å²) in [6, 6.07) is 4.20. The number of pyridine rings is 1. The third-order valence-corrected chi connectivity index (χ3v) is 3.79. The maximum absolute atomic E-state index is 13.1. The van der Waals surface area contributed by atoms with Crippen LogP contribution in [0.15, 0.2) is 30.6 Å². The quantitative estimate of drug-likeness (QED) is 0.939.